The SMILES string of the molecule is CCSc1cccc(-n2nc(C)c(N)c2C)c1C#N. The molecule has 0 radical (unpaired) electrons. The molecule has 1 aromatic carbocycles. The summed E-state index contributed by atoms with van der Waals surface area (Å²) in [7, 11) is 0. The van der Waals surface area contributed by atoms with Gasteiger partial charge in [-0.25, -0.2) is 4.68 Å². The van der Waals surface area contributed by atoms with Gasteiger partial charge in [0.2, 0.25) is 0 Å². The molecule has 0 aliphatic heterocycles. The van der Waals surface area contributed by atoms with Crippen LogP contribution in [0.5, 0.6) is 0 Å². The lowest BCUT2D eigenvalue weighted by atomic mass is 10.2. The van der Waals surface area contributed by atoms with Gasteiger partial charge in [-0.05, 0) is 31.7 Å². The van der Waals surface area contributed by atoms with Crippen LogP contribution >= 0.6 is 11.8 Å². The fourth-order valence-corrected chi connectivity index (χ4v) is 2.75. The molecule has 0 atom stereocenters. The van der Waals surface area contributed by atoms with Gasteiger partial charge in [0.1, 0.15) is 6.07 Å². The van der Waals surface area contributed by atoms with E-state index in [4.69, 9.17) is 5.73 Å². The predicted molar refractivity (Wildman–Crippen MR) is 78.6 cm³/mol. The van der Waals surface area contributed by atoms with Crippen molar-refractivity contribution in [3.8, 4) is 11.8 Å². The number of benzene rings is 1. The van der Waals surface area contributed by atoms with Crippen molar-refractivity contribution >= 4 is 17.4 Å². The second-order valence-corrected chi connectivity index (χ2v) is 5.50. The number of hydrogen-bond acceptors (Lipinski definition) is 4. The molecule has 0 saturated carbocycles. The molecule has 0 fully saturated rings. The Labute approximate surface area is 117 Å². The van der Waals surface area contributed by atoms with Gasteiger partial charge >= 0.3 is 0 Å². The van der Waals surface area contributed by atoms with Crippen molar-refractivity contribution in [3.05, 3.63) is 35.2 Å². The van der Waals surface area contributed by atoms with Crippen LogP contribution in [0.2, 0.25) is 0 Å². The Morgan fingerprint density at radius 3 is 2.68 bits per heavy atom. The number of aryl methyl sites for hydroxylation is 1. The minimum absolute atomic E-state index is 0.653. The largest absolute Gasteiger partial charge is 0.396 e. The van der Waals surface area contributed by atoms with Gasteiger partial charge in [0.05, 0.1) is 28.3 Å². The van der Waals surface area contributed by atoms with E-state index in [2.05, 4.69) is 18.1 Å². The van der Waals surface area contributed by atoms with Gasteiger partial charge in [-0.15, -0.1) is 11.8 Å². The Morgan fingerprint density at radius 2 is 2.16 bits per heavy atom. The first-order valence-electron chi connectivity index (χ1n) is 6.08. The third-order valence-electron chi connectivity index (χ3n) is 2.99. The van der Waals surface area contributed by atoms with Crippen LogP contribution in [0.3, 0.4) is 0 Å². The van der Waals surface area contributed by atoms with E-state index in [1.54, 1.807) is 16.4 Å². The molecule has 4 nitrogen and oxygen atoms in total. The monoisotopic (exact) mass is 272 g/mol. The van der Waals surface area contributed by atoms with Gasteiger partial charge in [0, 0.05) is 4.90 Å². The second kappa shape index (κ2) is 5.37. The number of anilines is 1. The molecule has 5 heteroatoms. The minimum Gasteiger partial charge on any atom is -0.396 e. The standard InChI is InChI=1S/C14H16N4S/c1-4-19-13-7-5-6-12(11(13)8-15)18-10(3)14(16)9(2)17-18/h5-7H,4,16H2,1-3H3. The molecule has 2 N–H and O–H groups in total. The Hall–Kier alpha value is -1.93. The predicted octanol–water partition coefficient (Wildman–Crippen LogP) is 3.06. The highest BCUT2D eigenvalue weighted by molar-refractivity contribution is 7.99. The van der Waals surface area contributed by atoms with Crippen molar-refractivity contribution in [3.63, 3.8) is 0 Å². The summed E-state index contributed by atoms with van der Waals surface area (Å²) in [4.78, 5) is 0.980. The number of nitrogens with two attached hydrogens (primary N) is 1. The molecule has 0 aliphatic carbocycles. The third-order valence-corrected chi connectivity index (χ3v) is 3.93. The Kier molecular flexibility index (Phi) is 3.82. The zero-order chi connectivity index (χ0) is 14.0. The first-order chi connectivity index (χ1) is 9.10. The molecule has 98 valence electrons. The Morgan fingerprint density at radius 1 is 1.42 bits per heavy atom. The van der Waals surface area contributed by atoms with E-state index in [1.807, 2.05) is 32.0 Å². The zero-order valence-electron chi connectivity index (χ0n) is 11.3. The third kappa shape index (κ3) is 2.32. The van der Waals surface area contributed by atoms with Crippen LogP contribution in [0.1, 0.15) is 23.9 Å². The fraction of sp³-hybridized carbons (Fsp3) is 0.286. The number of rotatable bonds is 3. The van der Waals surface area contributed by atoms with E-state index in [1.165, 1.54) is 0 Å². The maximum atomic E-state index is 9.42. The van der Waals surface area contributed by atoms with Gasteiger partial charge in [-0.1, -0.05) is 13.0 Å². The summed E-state index contributed by atoms with van der Waals surface area (Å²) in [5.74, 6) is 0.928. The van der Waals surface area contributed by atoms with Crippen LogP contribution < -0.4 is 5.73 Å². The lowest BCUT2D eigenvalue weighted by molar-refractivity contribution is 0.828. The Balaban J connectivity index is 2.66. The first kappa shape index (κ1) is 13.5. The first-order valence-corrected chi connectivity index (χ1v) is 7.06. The highest BCUT2D eigenvalue weighted by Gasteiger charge is 2.15. The lowest BCUT2D eigenvalue weighted by Crippen LogP contribution is -2.03. The van der Waals surface area contributed by atoms with Gasteiger partial charge in [0.25, 0.3) is 0 Å². The number of hydrogen-bond donors (Lipinski definition) is 1. The van der Waals surface area contributed by atoms with Crippen molar-refractivity contribution in [2.24, 2.45) is 0 Å². The van der Waals surface area contributed by atoms with Crippen LogP contribution in [0.4, 0.5) is 5.69 Å². The number of nitrogens with zero attached hydrogens (tertiary/aromatic N) is 3. The van der Waals surface area contributed by atoms with Crippen LogP contribution in [-0.2, 0) is 0 Å². The van der Waals surface area contributed by atoms with Crippen molar-refractivity contribution in [1.82, 2.24) is 9.78 Å². The van der Waals surface area contributed by atoms with E-state index >= 15 is 0 Å². The molecule has 2 rings (SSSR count). The van der Waals surface area contributed by atoms with E-state index in [9.17, 15) is 5.26 Å². The van der Waals surface area contributed by atoms with Crippen LogP contribution in [0.15, 0.2) is 23.1 Å². The van der Waals surface area contributed by atoms with Crippen molar-refractivity contribution in [2.75, 3.05) is 11.5 Å². The summed E-state index contributed by atoms with van der Waals surface area (Å²) in [6, 6.07) is 8.09. The number of aromatic nitrogens is 2. The molecule has 0 spiro atoms. The summed E-state index contributed by atoms with van der Waals surface area (Å²) < 4.78 is 1.75. The van der Waals surface area contributed by atoms with Crippen LogP contribution in [0, 0.1) is 25.2 Å². The van der Waals surface area contributed by atoms with Crippen LogP contribution in [-0.4, -0.2) is 15.5 Å². The molecule has 0 unspecified atom stereocenters. The highest BCUT2D eigenvalue weighted by atomic mass is 32.2. The summed E-state index contributed by atoms with van der Waals surface area (Å²) in [5.41, 5.74) is 9.73. The summed E-state index contributed by atoms with van der Waals surface area (Å²) in [5, 5.41) is 13.8. The van der Waals surface area contributed by atoms with E-state index in [-0.39, 0.29) is 0 Å². The molecule has 1 heterocycles. The average molecular weight is 272 g/mol. The maximum Gasteiger partial charge on any atom is 0.103 e. The van der Waals surface area contributed by atoms with Gasteiger partial charge in [-0.3, -0.25) is 0 Å². The Bertz CT molecular complexity index is 652. The molecule has 0 bridgehead atoms. The summed E-state index contributed by atoms with van der Waals surface area (Å²) >= 11 is 1.66. The van der Waals surface area contributed by atoms with Gasteiger partial charge < -0.3 is 5.73 Å². The van der Waals surface area contributed by atoms with Gasteiger partial charge in [-0.2, -0.15) is 10.4 Å². The van der Waals surface area contributed by atoms with E-state index in [0.717, 1.165) is 27.7 Å². The zero-order valence-corrected chi connectivity index (χ0v) is 12.1. The van der Waals surface area contributed by atoms with E-state index in [0.29, 0.717) is 11.3 Å². The summed E-state index contributed by atoms with van der Waals surface area (Å²) in [6.07, 6.45) is 0. The topological polar surface area (TPSA) is 67.6 Å². The molecular formula is C14H16N4S. The maximum absolute atomic E-state index is 9.42. The summed E-state index contributed by atoms with van der Waals surface area (Å²) in [6.45, 7) is 5.85. The number of thioether (sulfide) groups is 1. The van der Waals surface area contributed by atoms with E-state index < -0.39 is 0 Å². The number of nitrogen functional groups attached to an aromatic ring is 1. The molecule has 19 heavy (non-hydrogen) atoms. The average Bonchev–Trinajstić information content (AvgIpc) is 2.66. The normalized spacial score (nSPS) is 10.4. The van der Waals surface area contributed by atoms with Gasteiger partial charge in [0.15, 0.2) is 0 Å². The van der Waals surface area contributed by atoms with Crippen molar-refractivity contribution < 1.29 is 0 Å². The lowest BCUT2D eigenvalue weighted by Gasteiger charge is -2.10. The van der Waals surface area contributed by atoms with Crippen molar-refractivity contribution in [2.45, 2.75) is 25.7 Å². The fourth-order valence-electron chi connectivity index (χ4n) is 1.97. The molecule has 1 aromatic heterocycles. The number of nitriles is 1. The highest BCUT2D eigenvalue weighted by Crippen LogP contribution is 2.29. The smallest absolute Gasteiger partial charge is 0.103 e. The minimum atomic E-state index is 0.653. The molecular weight excluding hydrogens is 256 g/mol. The quantitative estimate of drug-likeness (QED) is 0.872. The van der Waals surface area contributed by atoms with Crippen molar-refractivity contribution in [1.29, 1.82) is 5.26 Å². The molecule has 0 amide bonds. The van der Waals surface area contributed by atoms with Crippen LogP contribution in [0.25, 0.3) is 5.69 Å². The second-order valence-electron chi connectivity index (χ2n) is 4.19. The molecule has 0 aliphatic rings. The molecule has 0 saturated heterocycles. The molecule has 2 aromatic rings.